The van der Waals surface area contributed by atoms with Crippen molar-refractivity contribution in [2.24, 2.45) is 0 Å². The van der Waals surface area contributed by atoms with Crippen molar-refractivity contribution in [3.05, 3.63) is 41.7 Å². The number of benzene rings is 2. The van der Waals surface area contributed by atoms with Crippen LogP contribution in [0.2, 0.25) is 0 Å². The molecule has 0 atom stereocenters. The highest BCUT2D eigenvalue weighted by molar-refractivity contribution is 7.89. The Balaban J connectivity index is 1.62. The van der Waals surface area contributed by atoms with Gasteiger partial charge in [-0.25, -0.2) is 22.5 Å². The second-order valence-electron chi connectivity index (χ2n) is 6.08. The van der Waals surface area contributed by atoms with Crippen molar-refractivity contribution in [1.29, 1.82) is 0 Å². The van der Waals surface area contributed by atoms with Crippen LogP contribution in [-0.4, -0.2) is 39.1 Å². The molecule has 1 aliphatic rings. The zero-order valence-corrected chi connectivity index (χ0v) is 16.8. The third kappa shape index (κ3) is 3.88. The minimum absolute atomic E-state index is 0.171. The van der Waals surface area contributed by atoms with Crippen LogP contribution in [0, 0.1) is 5.82 Å². The first-order chi connectivity index (χ1) is 13.9. The number of sulfonamides is 1. The van der Waals surface area contributed by atoms with E-state index in [-0.39, 0.29) is 16.6 Å². The molecule has 4 rings (SSSR count). The maximum Gasteiger partial charge on any atom is 0.260 e. The first kappa shape index (κ1) is 19.6. The molecular weight excluding hydrogens is 421 g/mol. The van der Waals surface area contributed by atoms with Crippen LogP contribution in [-0.2, 0) is 10.0 Å². The van der Waals surface area contributed by atoms with Gasteiger partial charge in [0, 0.05) is 18.7 Å². The van der Waals surface area contributed by atoms with Gasteiger partial charge in [-0.15, -0.1) is 0 Å². The van der Waals surface area contributed by atoms with Crippen LogP contribution in [0.3, 0.4) is 0 Å². The minimum Gasteiger partial charge on any atom is -0.486 e. The number of thiazole rings is 1. The molecule has 8 nitrogen and oxygen atoms in total. The molecule has 0 fully saturated rings. The standard InChI is InChI=1S/C18H16FN3O5S2/c1-2-20-29(24,25)10-3-4-12(19)11(7-10)17(23)22-18-21-13-8-14-15(9-16(13)28-18)27-6-5-26-14/h3-4,7-9,20H,2,5-6H2,1H3,(H,21,22,23). The molecule has 2 heterocycles. The van der Waals surface area contributed by atoms with E-state index in [1.54, 1.807) is 19.1 Å². The number of anilines is 1. The van der Waals surface area contributed by atoms with Crippen molar-refractivity contribution in [1.82, 2.24) is 9.71 Å². The summed E-state index contributed by atoms with van der Waals surface area (Å²) in [5.41, 5.74) is 0.202. The van der Waals surface area contributed by atoms with Gasteiger partial charge in [-0.1, -0.05) is 18.3 Å². The Bertz CT molecular complexity index is 1170. The fourth-order valence-electron chi connectivity index (χ4n) is 2.80. The van der Waals surface area contributed by atoms with Crippen LogP contribution >= 0.6 is 11.3 Å². The summed E-state index contributed by atoms with van der Waals surface area (Å²) in [6, 6.07) is 6.52. The molecule has 152 valence electrons. The normalized spacial score (nSPS) is 13.4. The quantitative estimate of drug-likeness (QED) is 0.636. The van der Waals surface area contributed by atoms with Crippen LogP contribution in [0.1, 0.15) is 17.3 Å². The maximum absolute atomic E-state index is 14.2. The molecule has 0 saturated heterocycles. The highest BCUT2D eigenvalue weighted by atomic mass is 32.2. The van der Waals surface area contributed by atoms with Gasteiger partial charge < -0.3 is 9.47 Å². The summed E-state index contributed by atoms with van der Waals surface area (Å²) in [7, 11) is -3.82. The molecule has 29 heavy (non-hydrogen) atoms. The minimum atomic E-state index is -3.82. The molecular formula is C18H16FN3O5S2. The van der Waals surface area contributed by atoms with Crippen molar-refractivity contribution in [2.45, 2.75) is 11.8 Å². The van der Waals surface area contributed by atoms with E-state index >= 15 is 0 Å². The van der Waals surface area contributed by atoms with E-state index in [0.29, 0.717) is 30.2 Å². The van der Waals surface area contributed by atoms with E-state index in [9.17, 15) is 17.6 Å². The third-order valence-corrected chi connectivity index (χ3v) is 6.58. The third-order valence-electron chi connectivity index (χ3n) is 4.10. The van der Waals surface area contributed by atoms with Crippen LogP contribution in [0.15, 0.2) is 35.2 Å². The first-order valence-electron chi connectivity index (χ1n) is 8.68. The number of ether oxygens (including phenoxy) is 2. The average molecular weight is 437 g/mol. The number of halogens is 1. The number of nitrogens with one attached hydrogen (secondary N) is 2. The van der Waals surface area contributed by atoms with Gasteiger partial charge in [-0.05, 0) is 18.2 Å². The van der Waals surface area contributed by atoms with Crippen LogP contribution in [0.4, 0.5) is 9.52 Å². The lowest BCUT2D eigenvalue weighted by Gasteiger charge is -2.17. The number of carbonyl (C=O) groups excluding carboxylic acids is 1. The smallest absolute Gasteiger partial charge is 0.260 e. The van der Waals surface area contributed by atoms with Crippen LogP contribution < -0.4 is 19.5 Å². The summed E-state index contributed by atoms with van der Waals surface area (Å²) in [5.74, 6) is -0.472. The van der Waals surface area contributed by atoms with Gasteiger partial charge in [-0.3, -0.25) is 10.1 Å². The topological polar surface area (TPSA) is 107 Å². The molecule has 1 aliphatic heterocycles. The van der Waals surface area contributed by atoms with Gasteiger partial charge in [0.2, 0.25) is 10.0 Å². The van der Waals surface area contributed by atoms with E-state index in [1.165, 1.54) is 11.3 Å². The molecule has 0 radical (unpaired) electrons. The number of rotatable bonds is 5. The van der Waals surface area contributed by atoms with Crippen LogP contribution in [0.5, 0.6) is 11.5 Å². The number of amides is 1. The van der Waals surface area contributed by atoms with Crippen molar-refractivity contribution < 1.29 is 27.1 Å². The Morgan fingerprint density at radius 3 is 2.66 bits per heavy atom. The monoisotopic (exact) mass is 437 g/mol. The van der Waals surface area contributed by atoms with E-state index < -0.39 is 27.3 Å². The second-order valence-corrected chi connectivity index (χ2v) is 8.88. The number of hydrogen-bond acceptors (Lipinski definition) is 7. The van der Waals surface area contributed by atoms with Gasteiger partial charge in [0.25, 0.3) is 5.91 Å². The lowest BCUT2D eigenvalue weighted by Crippen LogP contribution is -2.24. The van der Waals surface area contributed by atoms with Gasteiger partial charge in [-0.2, -0.15) is 0 Å². The predicted octanol–water partition coefficient (Wildman–Crippen LogP) is 2.76. The summed E-state index contributed by atoms with van der Waals surface area (Å²) < 4.78 is 52.5. The fraction of sp³-hybridized carbons (Fsp3) is 0.222. The van der Waals surface area contributed by atoms with E-state index in [2.05, 4.69) is 15.0 Å². The first-order valence-corrected chi connectivity index (χ1v) is 11.0. The van der Waals surface area contributed by atoms with Crippen molar-refractivity contribution >= 4 is 42.6 Å². The number of aromatic nitrogens is 1. The maximum atomic E-state index is 14.2. The lowest BCUT2D eigenvalue weighted by molar-refractivity contribution is 0.102. The summed E-state index contributed by atoms with van der Waals surface area (Å²) in [6.45, 7) is 2.68. The van der Waals surface area contributed by atoms with Gasteiger partial charge in [0.15, 0.2) is 16.6 Å². The van der Waals surface area contributed by atoms with Gasteiger partial charge in [0.05, 0.1) is 20.7 Å². The number of hydrogen-bond donors (Lipinski definition) is 2. The van der Waals surface area contributed by atoms with Crippen molar-refractivity contribution in [3.8, 4) is 11.5 Å². The molecule has 11 heteroatoms. The van der Waals surface area contributed by atoms with Crippen molar-refractivity contribution in [3.63, 3.8) is 0 Å². The largest absolute Gasteiger partial charge is 0.486 e. The molecule has 2 aromatic carbocycles. The number of carbonyl (C=O) groups is 1. The number of nitrogens with zero attached hydrogens (tertiary/aromatic N) is 1. The summed E-state index contributed by atoms with van der Waals surface area (Å²) in [4.78, 5) is 16.7. The molecule has 0 unspecified atom stereocenters. The summed E-state index contributed by atoms with van der Waals surface area (Å²) >= 11 is 1.19. The SMILES string of the molecule is CCNS(=O)(=O)c1ccc(F)c(C(=O)Nc2nc3cc4c(cc3s2)OCCO4)c1. The van der Waals surface area contributed by atoms with Crippen molar-refractivity contribution in [2.75, 3.05) is 25.1 Å². The Hall–Kier alpha value is -2.76. The summed E-state index contributed by atoms with van der Waals surface area (Å²) in [6.07, 6.45) is 0. The Kier molecular flexibility index (Phi) is 5.11. The molecule has 1 amide bonds. The number of fused-ring (bicyclic) bond motifs is 2. The average Bonchev–Trinajstić information content (AvgIpc) is 3.06. The molecule has 2 N–H and O–H groups in total. The lowest BCUT2D eigenvalue weighted by atomic mass is 10.2. The molecule has 0 saturated carbocycles. The van der Waals surface area contributed by atoms with E-state index in [0.717, 1.165) is 22.9 Å². The fourth-order valence-corrected chi connectivity index (χ4v) is 4.74. The van der Waals surface area contributed by atoms with E-state index in [4.69, 9.17) is 9.47 Å². The zero-order valence-electron chi connectivity index (χ0n) is 15.2. The van der Waals surface area contributed by atoms with Gasteiger partial charge in [0.1, 0.15) is 19.0 Å². The zero-order chi connectivity index (χ0) is 20.6. The van der Waals surface area contributed by atoms with Gasteiger partial charge >= 0.3 is 0 Å². The highest BCUT2D eigenvalue weighted by Crippen LogP contribution is 2.38. The molecule has 1 aromatic heterocycles. The van der Waals surface area contributed by atoms with Crippen LogP contribution in [0.25, 0.3) is 10.2 Å². The summed E-state index contributed by atoms with van der Waals surface area (Å²) in [5, 5.41) is 2.76. The molecule has 0 spiro atoms. The Morgan fingerprint density at radius 1 is 1.21 bits per heavy atom. The predicted molar refractivity (Wildman–Crippen MR) is 106 cm³/mol. The Morgan fingerprint density at radius 2 is 1.93 bits per heavy atom. The second kappa shape index (κ2) is 7.58. The molecule has 0 aliphatic carbocycles. The highest BCUT2D eigenvalue weighted by Gasteiger charge is 2.21. The molecule has 0 bridgehead atoms. The van der Waals surface area contributed by atoms with E-state index in [1.807, 2.05) is 0 Å². The Labute approximate surface area is 169 Å². The molecule has 3 aromatic rings.